The van der Waals surface area contributed by atoms with Gasteiger partial charge in [0.15, 0.2) is 0 Å². The number of fused-ring (bicyclic) bond motifs is 8. The molecule has 0 radical (unpaired) electrons. The first-order valence-corrected chi connectivity index (χ1v) is 47.3. The van der Waals surface area contributed by atoms with Crippen LogP contribution in [0.3, 0.4) is 0 Å². The summed E-state index contributed by atoms with van der Waals surface area (Å²) in [7, 11) is 0. The van der Waals surface area contributed by atoms with Gasteiger partial charge in [-0.1, -0.05) is 364 Å². The third kappa shape index (κ3) is 15.7. The van der Waals surface area contributed by atoms with Gasteiger partial charge in [0.1, 0.15) is 23.0 Å². The molecule has 0 atom stereocenters. The van der Waals surface area contributed by atoms with E-state index in [-0.39, 0.29) is 51.3 Å². The van der Waals surface area contributed by atoms with Gasteiger partial charge in [0.05, 0.1) is 0 Å². The molecular weight excluding hydrogens is 1600 g/mol. The van der Waals surface area contributed by atoms with Gasteiger partial charge in [0.2, 0.25) is 0 Å². The van der Waals surface area contributed by atoms with Crippen LogP contribution in [0.15, 0.2) is 346 Å². The molecule has 0 spiro atoms. The fourth-order valence-electron chi connectivity index (χ4n) is 20.8. The van der Waals surface area contributed by atoms with Crippen molar-refractivity contribution in [3.63, 3.8) is 0 Å². The van der Waals surface area contributed by atoms with E-state index in [0.717, 1.165) is 147 Å². The molecule has 16 aromatic carbocycles. The second-order valence-corrected chi connectivity index (χ2v) is 44.2. The van der Waals surface area contributed by atoms with Crippen molar-refractivity contribution in [1.82, 2.24) is 0 Å². The fraction of sp³-hybridized carbons (Fsp3) is 0.226. The zero-order valence-electron chi connectivity index (χ0n) is 80.7. The Labute approximate surface area is 784 Å². The Morgan fingerprint density at radius 1 is 0.212 bits per heavy atom. The second-order valence-electron chi connectivity index (χ2n) is 44.2. The molecule has 4 heterocycles. The minimum absolute atomic E-state index is 0.0672. The molecule has 0 fully saturated rings. The number of para-hydroxylation sites is 1. The first-order valence-electron chi connectivity index (χ1n) is 47.3. The van der Waals surface area contributed by atoms with Gasteiger partial charge in [-0.2, -0.15) is 0 Å². The number of benzene rings is 16. The van der Waals surface area contributed by atoms with Gasteiger partial charge in [-0.15, -0.1) is 0 Å². The molecule has 8 heteroatoms. The molecule has 0 saturated heterocycles. The topological polar surface area (TPSA) is 31.4 Å². The van der Waals surface area contributed by atoms with Gasteiger partial charge >= 0.3 is 0 Å². The third-order valence-electron chi connectivity index (χ3n) is 27.8. The van der Waals surface area contributed by atoms with E-state index in [1.54, 1.807) is 0 Å². The van der Waals surface area contributed by atoms with Crippen molar-refractivity contribution < 1.29 is 9.47 Å². The minimum atomic E-state index is -0.326. The Hall–Kier alpha value is -13.6. The number of ether oxygens (including phenoxy) is 2. The van der Waals surface area contributed by atoms with Crippen LogP contribution in [0.2, 0.25) is 0 Å². The summed E-state index contributed by atoms with van der Waals surface area (Å²) in [5, 5.41) is 0. The molecule has 4 aliphatic rings. The average molecular weight is 1720 g/mol. The van der Waals surface area contributed by atoms with Crippen molar-refractivity contribution in [3.8, 4) is 78.6 Å². The highest BCUT2D eigenvalue weighted by molar-refractivity contribution is 7.00. The Kier molecular flexibility index (Phi) is 21.1. The second kappa shape index (κ2) is 32.2. The Bertz CT molecular complexity index is 6740. The lowest BCUT2D eigenvalue weighted by Crippen LogP contribution is -2.61. The number of hydrogen-bond acceptors (Lipinski definition) is 6. The summed E-state index contributed by atoms with van der Waals surface area (Å²) in [5.41, 5.74) is 38.6. The van der Waals surface area contributed by atoms with Gasteiger partial charge in [-0.25, -0.2) is 0 Å². The highest BCUT2D eigenvalue weighted by Crippen LogP contribution is 2.54. The fourth-order valence-corrected chi connectivity index (χ4v) is 20.8. The summed E-state index contributed by atoms with van der Waals surface area (Å²) in [6, 6.07) is 132. The third-order valence-corrected chi connectivity index (χ3v) is 27.8. The quantitative estimate of drug-likeness (QED) is 0.107. The van der Waals surface area contributed by atoms with Crippen molar-refractivity contribution in [1.29, 1.82) is 0 Å². The first-order chi connectivity index (χ1) is 62.9. The van der Waals surface area contributed by atoms with Crippen LogP contribution in [0.4, 0.5) is 68.2 Å². The maximum absolute atomic E-state index is 7.82. The molecule has 0 aromatic heterocycles. The van der Waals surface area contributed by atoms with E-state index in [9.17, 15) is 0 Å². The molecule has 0 bridgehead atoms. The van der Waals surface area contributed by atoms with Gasteiger partial charge in [0.25, 0.3) is 13.4 Å². The van der Waals surface area contributed by atoms with E-state index >= 15 is 0 Å². The predicted octanol–water partition coefficient (Wildman–Crippen LogP) is 30.9. The van der Waals surface area contributed by atoms with Crippen LogP contribution in [-0.4, -0.2) is 13.4 Å². The molecule has 0 N–H and O–H groups in total. The summed E-state index contributed by atoms with van der Waals surface area (Å²) in [6.45, 7) is 48.1. The molecule has 0 unspecified atom stereocenters. The molecule has 6 nitrogen and oxygen atoms in total. The van der Waals surface area contributed by atoms with E-state index < -0.39 is 0 Å². The smallest absolute Gasteiger partial charge is 0.260 e. The summed E-state index contributed by atoms with van der Waals surface area (Å²) < 4.78 is 15.5. The van der Waals surface area contributed by atoms with Crippen molar-refractivity contribution in [2.75, 3.05) is 19.6 Å². The zero-order valence-corrected chi connectivity index (χ0v) is 80.7. The highest BCUT2D eigenvalue weighted by Gasteiger charge is 2.47. The zero-order chi connectivity index (χ0) is 92.2. The Morgan fingerprint density at radius 3 is 0.977 bits per heavy atom. The van der Waals surface area contributed by atoms with Gasteiger partial charge in [-0.05, 0) is 282 Å². The lowest BCUT2D eigenvalue weighted by molar-refractivity contribution is 0.466. The molecule has 0 amide bonds. The largest absolute Gasteiger partial charge is 0.458 e. The van der Waals surface area contributed by atoms with Crippen LogP contribution in [-0.2, 0) is 37.9 Å². The standard InChI is InChI=1S/C124H120B2N4O2/c1-118(2,3)85-45-53-89(54-46-85)127(90-55-47-86(48-56-90)119(4,5)6)95-63-67-104-108(77-95)129(93-61-65-102(123(16,17)18)99(75-93)80-36-27-23-28-37-80)110-71-83(84-73-113-116-114(74-84)132-117-98(79-34-25-22-26-35-79)41-33-43-106(117)126(116)107-70-82(44-69-112(107)131-113)97-40-31-32-42-101(97)122(13,14)15)72-111-115(110)125(104)105-68-64-96(78-109(105)130(111)94-62-66-103(124(19,20)21)100(76-94)81-38-29-24-30-39-81)128(91-57-49-87(50-58-91)120(7,8)9)92-59-51-88(52-60-92)121(10,11)12/h22-78H,1-21H3. The number of anilines is 12. The van der Waals surface area contributed by atoms with Crippen LogP contribution in [0.5, 0.6) is 23.0 Å². The SMILES string of the molecule is CC(C)(C)c1ccc(N(c2ccc(C(C)(C)C)cc2)c2ccc3c(c2)N(c2ccc(C(C)(C)C)c(-c4ccccc4)c2)c2cc(-c4cc5c6c(c4)Oc4c(cccc4-c4ccccc4)B6c4cc(-c6ccccc6C(C)(C)C)ccc4O5)cc4c2B3c2ccc(N(c3ccc(C(C)(C)C)cc3)c3ccc(C(C)(C)C)cc3)cc2N4c2ccc(C(C)(C)C)c(-c3ccccc3)c2)cc1. The van der Waals surface area contributed by atoms with Crippen molar-refractivity contribution >= 4 is 114 Å². The van der Waals surface area contributed by atoms with Crippen LogP contribution >= 0.6 is 0 Å². The number of nitrogens with zero attached hydrogens (tertiary/aromatic N) is 4. The molecule has 0 saturated carbocycles. The summed E-state index contributed by atoms with van der Waals surface area (Å²) in [5.74, 6) is 3.17. The molecule has 0 aliphatic carbocycles. The molecule has 20 rings (SSSR count). The Morgan fingerprint density at radius 2 is 0.568 bits per heavy atom. The molecule has 4 aliphatic heterocycles. The minimum Gasteiger partial charge on any atom is -0.458 e. The van der Waals surface area contributed by atoms with Gasteiger partial charge in [-0.3, -0.25) is 0 Å². The lowest BCUT2D eigenvalue weighted by atomic mass is 9.33. The molecule has 654 valence electrons. The summed E-state index contributed by atoms with van der Waals surface area (Å²) in [6.07, 6.45) is 0. The van der Waals surface area contributed by atoms with E-state index in [1.807, 2.05) is 0 Å². The van der Waals surface area contributed by atoms with Crippen LogP contribution < -0.4 is 61.9 Å². The summed E-state index contributed by atoms with van der Waals surface area (Å²) in [4.78, 5) is 10.2. The molecule has 132 heavy (non-hydrogen) atoms. The van der Waals surface area contributed by atoms with Crippen molar-refractivity contribution in [2.24, 2.45) is 0 Å². The average Bonchev–Trinajstić information content (AvgIpc) is 0.686. The van der Waals surface area contributed by atoms with Crippen molar-refractivity contribution in [3.05, 3.63) is 385 Å². The maximum atomic E-state index is 7.82. The van der Waals surface area contributed by atoms with Gasteiger partial charge < -0.3 is 29.1 Å². The van der Waals surface area contributed by atoms with Crippen LogP contribution in [0.25, 0.3) is 55.6 Å². The Balaban J connectivity index is 0.911. The molecular formula is C124H120B2N4O2. The summed E-state index contributed by atoms with van der Waals surface area (Å²) >= 11 is 0. The maximum Gasteiger partial charge on any atom is 0.260 e. The number of rotatable bonds is 13. The van der Waals surface area contributed by atoms with Crippen LogP contribution in [0.1, 0.15) is 184 Å². The predicted molar refractivity (Wildman–Crippen MR) is 566 cm³/mol. The van der Waals surface area contributed by atoms with E-state index in [0.29, 0.717) is 0 Å². The normalized spacial score (nSPS) is 13.4. The van der Waals surface area contributed by atoms with E-state index in [2.05, 4.69) is 511 Å². The molecule has 16 aromatic rings. The van der Waals surface area contributed by atoms with Gasteiger partial charge in [0, 0.05) is 79.3 Å². The van der Waals surface area contributed by atoms with E-state index in [4.69, 9.17) is 9.47 Å². The monoisotopic (exact) mass is 1720 g/mol. The number of hydrogen-bond donors (Lipinski definition) is 0. The van der Waals surface area contributed by atoms with Crippen molar-refractivity contribution in [2.45, 2.75) is 183 Å². The highest BCUT2D eigenvalue weighted by atomic mass is 16.5. The lowest BCUT2D eigenvalue weighted by Gasteiger charge is -2.45. The van der Waals surface area contributed by atoms with Crippen LogP contribution in [0, 0.1) is 0 Å². The first kappa shape index (κ1) is 86.5. The van der Waals surface area contributed by atoms with E-state index in [1.165, 1.54) is 72.0 Å².